The molecule has 1 atom stereocenters. The van der Waals surface area contributed by atoms with E-state index in [0.717, 1.165) is 21.7 Å². The number of ether oxygens (including phenoxy) is 1. The number of likely N-dealkylation sites (N-methyl/N-ethyl adjacent to an activating group) is 1. The lowest BCUT2D eigenvalue weighted by Crippen LogP contribution is -2.42. The summed E-state index contributed by atoms with van der Waals surface area (Å²) in [6.45, 7) is 0.785. The molecule has 0 saturated carbocycles. The molecule has 0 bridgehead atoms. The molecule has 1 saturated heterocycles. The standard InChI is InChI=1S/C26H25N3O5S/c1-28(35(32,33)22-9-6-18-5-8-21(34-2)14-20(18)15-22)24-11-12-29(26(24)31)16-17-3-4-19-7-10-25(30)27-23(19)13-17/h3-10,13-15,24H,11-12,16H2,1-2H3,(H,27,30)/t24-/m0/s1. The number of sulfonamides is 1. The van der Waals surface area contributed by atoms with E-state index in [-0.39, 0.29) is 16.4 Å². The summed E-state index contributed by atoms with van der Waals surface area (Å²) in [6.07, 6.45) is 0.403. The van der Waals surface area contributed by atoms with Gasteiger partial charge in [-0.15, -0.1) is 0 Å². The normalized spacial score (nSPS) is 16.5. The van der Waals surface area contributed by atoms with Crippen LogP contribution in [0, 0.1) is 0 Å². The highest BCUT2D eigenvalue weighted by Crippen LogP contribution is 2.28. The maximum Gasteiger partial charge on any atom is 0.248 e. The Morgan fingerprint density at radius 3 is 2.51 bits per heavy atom. The number of aromatic amines is 1. The summed E-state index contributed by atoms with van der Waals surface area (Å²) in [7, 11) is -0.875. The molecule has 2 heterocycles. The van der Waals surface area contributed by atoms with Crippen LogP contribution in [0.3, 0.4) is 0 Å². The van der Waals surface area contributed by atoms with Crippen LogP contribution in [-0.2, 0) is 21.4 Å². The van der Waals surface area contributed by atoms with Gasteiger partial charge >= 0.3 is 0 Å². The Morgan fingerprint density at radius 1 is 0.971 bits per heavy atom. The van der Waals surface area contributed by atoms with Crippen molar-refractivity contribution in [2.45, 2.75) is 23.9 Å². The second kappa shape index (κ2) is 8.83. The van der Waals surface area contributed by atoms with Crippen LogP contribution in [0.5, 0.6) is 5.75 Å². The van der Waals surface area contributed by atoms with Crippen molar-refractivity contribution in [1.29, 1.82) is 0 Å². The molecule has 3 aromatic carbocycles. The molecule has 8 nitrogen and oxygen atoms in total. The maximum atomic E-state index is 13.4. The third kappa shape index (κ3) is 4.28. The molecule has 1 aliphatic rings. The molecule has 0 spiro atoms. The van der Waals surface area contributed by atoms with Gasteiger partial charge in [0.25, 0.3) is 0 Å². The van der Waals surface area contributed by atoms with Crippen molar-refractivity contribution in [1.82, 2.24) is 14.2 Å². The van der Waals surface area contributed by atoms with Crippen LogP contribution in [0.2, 0.25) is 0 Å². The zero-order chi connectivity index (χ0) is 24.7. The lowest BCUT2D eigenvalue weighted by molar-refractivity contribution is -0.131. The van der Waals surface area contributed by atoms with Gasteiger partial charge in [-0.1, -0.05) is 24.3 Å². The number of likely N-dealkylation sites (tertiary alicyclic amines) is 1. The maximum absolute atomic E-state index is 13.4. The van der Waals surface area contributed by atoms with E-state index >= 15 is 0 Å². The van der Waals surface area contributed by atoms with E-state index in [0.29, 0.717) is 30.8 Å². The molecule has 1 aromatic heterocycles. The topological polar surface area (TPSA) is 99.8 Å². The molecule has 5 rings (SSSR count). The van der Waals surface area contributed by atoms with Crippen molar-refractivity contribution in [2.24, 2.45) is 0 Å². The Balaban J connectivity index is 1.36. The van der Waals surface area contributed by atoms with Gasteiger partial charge in [0, 0.05) is 31.7 Å². The summed E-state index contributed by atoms with van der Waals surface area (Å²) in [5, 5.41) is 2.54. The summed E-state index contributed by atoms with van der Waals surface area (Å²) < 4.78 is 33.2. The number of amides is 1. The monoisotopic (exact) mass is 491 g/mol. The molecule has 9 heteroatoms. The van der Waals surface area contributed by atoms with E-state index in [1.165, 1.54) is 17.4 Å². The number of hydrogen-bond donors (Lipinski definition) is 1. The molecule has 0 radical (unpaired) electrons. The minimum Gasteiger partial charge on any atom is -0.497 e. The van der Waals surface area contributed by atoms with Gasteiger partial charge in [-0.25, -0.2) is 8.42 Å². The van der Waals surface area contributed by atoms with Crippen LogP contribution in [0.25, 0.3) is 21.7 Å². The zero-order valence-corrected chi connectivity index (χ0v) is 20.2. The van der Waals surface area contributed by atoms with Gasteiger partial charge in [-0.05, 0) is 64.5 Å². The average molecular weight is 492 g/mol. The molecule has 35 heavy (non-hydrogen) atoms. The highest BCUT2D eigenvalue weighted by atomic mass is 32.2. The summed E-state index contributed by atoms with van der Waals surface area (Å²) in [6, 6.07) is 18.5. The predicted molar refractivity (Wildman–Crippen MR) is 134 cm³/mol. The number of nitrogens with one attached hydrogen (secondary N) is 1. The number of hydrogen-bond acceptors (Lipinski definition) is 5. The highest BCUT2D eigenvalue weighted by molar-refractivity contribution is 7.89. The largest absolute Gasteiger partial charge is 0.497 e. The van der Waals surface area contributed by atoms with E-state index in [1.54, 1.807) is 42.3 Å². The second-order valence-electron chi connectivity index (χ2n) is 8.70. The van der Waals surface area contributed by atoms with Crippen molar-refractivity contribution in [3.05, 3.63) is 82.6 Å². The van der Waals surface area contributed by atoms with Gasteiger partial charge in [-0.3, -0.25) is 9.59 Å². The molecule has 1 aliphatic heterocycles. The van der Waals surface area contributed by atoms with Crippen molar-refractivity contribution in [3.63, 3.8) is 0 Å². The van der Waals surface area contributed by atoms with Crippen molar-refractivity contribution in [3.8, 4) is 5.75 Å². The second-order valence-corrected chi connectivity index (χ2v) is 10.7. The number of nitrogens with zero attached hydrogens (tertiary/aromatic N) is 2. The van der Waals surface area contributed by atoms with Gasteiger partial charge in [0.05, 0.1) is 12.0 Å². The van der Waals surface area contributed by atoms with Crippen LogP contribution >= 0.6 is 0 Å². The molecular formula is C26H25N3O5S. The van der Waals surface area contributed by atoms with Crippen LogP contribution in [0.4, 0.5) is 0 Å². The van der Waals surface area contributed by atoms with Crippen LogP contribution < -0.4 is 10.3 Å². The highest BCUT2D eigenvalue weighted by Gasteiger charge is 2.39. The molecule has 0 unspecified atom stereocenters. The number of rotatable bonds is 6. The van der Waals surface area contributed by atoms with Crippen LogP contribution in [0.15, 0.2) is 76.4 Å². The van der Waals surface area contributed by atoms with Crippen LogP contribution in [0.1, 0.15) is 12.0 Å². The smallest absolute Gasteiger partial charge is 0.248 e. The first-order chi connectivity index (χ1) is 16.8. The predicted octanol–water partition coefficient (Wildman–Crippen LogP) is 3.11. The lowest BCUT2D eigenvalue weighted by Gasteiger charge is -2.24. The first-order valence-corrected chi connectivity index (χ1v) is 12.7. The molecule has 1 N–H and O–H groups in total. The summed E-state index contributed by atoms with van der Waals surface area (Å²) in [5.41, 5.74) is 1.37. The summed E-state index contributed by atoms with van der Waals surface area (Å²) in [5.74, 6) is 0.403. The molecule has 0 aliphatic carbocycles. The molecule has 4 aromatic rings. The van der Waals surface area contributed by atoms with E-state index < -0.39 is 16.1 Å². The SMILES string of the molecule is COc1ccc2ccc(S(=O)(=O)N(C)[C@H]3CCN(Cc4ccc5ccc(=O)[nH]c5c4)C3=O)cc2c1. The molecule has 180 valence electrons. The zero-order valence-electron chi connectivity index (χ0n) is 19.4. The first kappa shape index (κ1) is 23.1. The third-order valence-electron chi connectivity index (χ3n) is 6.57. The molecular weight excluding hydrogens is 466 g/mol. The number of methoxy groups -OCH3 is 1. The Hall–Kier alpha value is -3.69. The van der Waals surface area contributed by atoms with Crippen molar-refractivity contribution >= 4 is 37.6 Å². The number of fused-ring (bicyclic) bond motifs is 2. The summed E-state index contributed by atoms with van der Waals surface area (Å²) in [4.78, 5) is 29.4. The Kier molecular flexibility index (Phi) is 5.82. The van der Waals surface area contributed by atoms with Gasteiger partial charge in [0.2, 0.25) is 21.5 Å². The van der Waals surface area contributed by atoms with Gasteiger partial charge in [-0.2, -0.15) is 4.31 Å². The number of carbonyl (C=O) groups excluding carboxylic acids is 1. The van der Waals surface area contributed by atoms with Gasteiger partial charge in [0.1, 0.15) is 11.8 Å². The van der Waals surface area contributed by atoms with E-state index in [1.807, 2.05) is 30.3 Å². The molecule has 1 amide bonds. The Labute approximate surface area is 202 Å². The van der Waals surface area contributed by atoms with E-state index in [2.05, 4.69) is 4.98 Å². The number of benzene rings is 3. The quantitative estimate of drug-likeness (QED) is 0.447. The fourth-order valence-corrected chi connectivity index (χ4v) is 5.94. The summed E-state index contributed by atoms with van der Waals surface area (Å²) >= 11 is 0. The van der Waals surface area contributed by atoms with Gasteiger partial charge < -0.3 is 14.6 Å². The van der Waals surface area contributed by atoms with E-state index in [4.69, 9.17) is 4.74 Å². The average Bonchev–Trinajstić information content (AvgIpc) is 3.22. The van der Waals surface area contributed by atoms with Crippen LogP contribution in [-0.4, -0.2) is 55.3 Å². The first-order valence-electron chi connectivity index (χ1n) is 11.2. The number of aromatic nitrogens is 1. The molecule has 1 fully saturated rings. The lowest BCUT2D eigenvalue weighted by atomic mass is 10.1. The van der Waals surface area contributed by atoms with Crippen molar-refractivity contribution < 1.29 is 17.9 Å². The number of H-pyrrole nitrogens is 1. The minimum absolute atomic E-state index is 0.130. The van der Waals surface area contributed by atoms with E-state index in [9.17, 15) is 18.0 Å². The fourth-order valence-electron chi connectivity index (χ4n) is 4.56. The number of carbonyl (C=O) groups is 1. The number of pyridine rings is 1. The Bertz CT molecular complexity index is 1610. The Morgan fingerprint density at radius 2 is 1.71 bits per heavy atom. The van der Waals surface area contributed by atoms with Gasteiger partial charge in [0.15, 0.2) is 0 Å². The third-order valence-corrected chi connectivity index (χ3v) is 8.43. The minimum atomic E-state index is -3.89. The fraction of sp³-hybridized carbons (Fsp3) is 0.231. The van der Waals surface area contributed by atoms with Crippen molar-refractivity contribution in [2.75, 3.05) is 20.7 Å².